The molecular formula is C19H18N2O6. The number of carbonyl (C=O) groups is 3. The summed E-state index contributed by atoms with van der Waals surface area (Å²) in [5, 5.41) is 2.69. The lowest BCUT2D eigenvalue weighted by atomic mass is 10.2. The number of ether oxygens (including phenoxy) is 3. The molecule has 3 rings (SSSR count). The molecule has 2 aromatic rings. The molecule has 1 aliphatic heterocycles. The largest absolute Gasteiger partial charge is 0.465 e. The summed E-state index contributed by atoms with van der Waals surface area (Å²) in [4.78, 5) is 37.1. The molecule has 8 nitrogen and oxygen atoms in total. The van der Waals surface area contributed by atoms with Crippen molar-refractivity contribution in [3.05, 3.63) is 48.0 Å². The van der Waals surface area contributed by atoms with Crippen molar-refractivity contribution in [3.63, 3.8) is 0 Å². The zero-order chi connectivity index (χ0) is 19.4. The number of hydrogen-bond acceptors (Lipinski definition) is 6. The highest BCUT2D eigenvalue weighted by molar-refractivity contribution is 6.02. The fourth-order valence-corrected chi connectivity index (χ4v) is 2.59. The highest BCUT2D eigenvalue weighted by atomic mass is 16.7. The van der Waals surface area contributed by atoms with Crippen LogP contribution in [0.1, 0.15) is 17.3 Å². The van der Waals surface area contributed by atoms with Gasteiger partial charge in [-0.25, -0.2) is 4.79 Å². The predicted octanol–water partition coefficient (Wildman–Crippen LogP) is 2.19. The fourth-order valence-electron chi connectivity index (χ4n) is 2.59. The number of rotatable bonds is 5. The van der Waals surface area contributed by atoms with Crippen molar-refractivity contribution in [1.82, 2.24) is 0 Å². The average molecular weight is 370 g/mol. The number of nitrogens with zero attached hydrogens (tertiary/aromatic N) is 1. The lowest BCUT2D eigenvalue weighted by Gasteiger charge is -2.21. The minimum Gasteiger partial charge on any atom is -0.465 e. The molecule has 0 radical (unpaired) electrons. The first kappa shape index (κ1) is 18.2. The second kappa shape index (κ2) is 7.77. The van der Waals surface area contributed by atoms with Gasteiger partial charge in [0, 0.05) is 24.4 Å². The normalized spacial score (nSPS) is 11.6. The monoisotopic (exact) mass is 370 g/mol. The summed E-state index contributed by atoms with van der Waals surface area (Å²) in [5.74, 6) is -0.00728. The standard InChI is InChI=1S/C19H18N2O6/c1-12(22)21(15-7-8-16-17(9-15)27-11-26-16)10-18(23)20-14-5-3-13(4-6-14)19(24)25-2/h3-9H,10-11H2,1-2H3,(H,20,23). The molecule has 140 valence electrons. The third-order valence-electron chi connectivity index (χ3n) is 3.94. The van der Waals surface area contributed by atoms with Gasteiger partial charge in [0.25, 0.3) is 0 Å². The van der Waals surface area contributed by atoms with Crippen LogP contribution in [0.2, 0.25) is 0 Å². The molecular weight excluding hydrogens is 352 g/mol. The van der Waals surface area contributed by atoms with Crippen molar-refractivity contribution in [2.75, 3.05) is 30.7 Å². The number of hydrogen-bond donors (Lipinski definition) is 1. The zero-order valence-electron chi connectivity index (χ0n) is 14.9. The van der Waals surface area contributed by atoms with E-state index in [0.29, 0.717) is 28.4 Å². The molecule has 2 aromatic carbocycles. The number of methoxy groups -OCH3 is 1. The van der Waals surface area contributed by atoms with E-state index in [1.807, 2.05) is 0 Å². The van der Waals surface area contributed by atoms with Gasteiger partial charge in [-0.3, -0.25) is 9.59 Å². The number of esters is 1. The molecule has 0 atom stereocenters. The van der Waals surface area contributed by atoms with Crippen LogP contribution in [0.3, 0.4) is 0 Å². The number of amides is 2. The van der Waals surface area contributed by atoms with Crippen LogP contribution in [0.15, 0.2) is 42.5 Å². The summed E-state index contributed by atoms with van der Waals surface area (Å²) in [6.45, 7) is 1.33. The van der Waals surface area contributed by atoms with E-state index in [9.17, 15) is 14.4 Å². The molecule has 0 bridgehead atoms. The fraction of sp³-hybridized carbons (Fsp3) is 0.211. The van der Waals surface area contributed by atoms with Crippen LogP contribution in [0.4, 0.5) is 11.4 Å². The maximum atomic E-state index is 12.4. The summed E-state index contributed by atoms with van der Waals surface area (Å²) in [5.41, 5.74) is 1.41. The van der Waals surface area contributed by atoms with E-state index in [2.05, 4.69) is 10.1 Å². The number of nitrogens with one attached hydrogen (secondary N) is 1. The van der Waals surface area contributed by atoms with Crippen molar-refractivity contribution >= 4 is 29.2 Å². The Morgan fingerprint density at radius 1 is 1.07 bits per heavy atom. The van der Waals surface area contributed by atoms with Gasteiger partial charge in [0.2, 0.25) is 18.6 Å². The SMILES string of the molecule is COC(=O)c1ccc(NC(=O)CN(C(C)=O)c2ccc3c(c2)OCO3)cc1. The lowest BCUT2D eigenvalue weighted by molar-refractivity contribution is -0.120. The molecule has 0 fully saturated rings. The summed E-state index contributed by atoms with van der Waals surface area (Å²) >= 11 is 0. The van der Waals surface area contributed by atoms with Gasteiger partial charge in [-0.15, -0.1) is 0 Å². The van der Waals surface area contributed by atoms with Gasteiger partial charge >= 0.3 is 5.97 Å². The zero-order valence-corrected chi connectivity index (χ0v) is 14.9. The number of carbonyl (C=O) groups excluding carboxylic acids is 3. The Morgan fingerprint density at radius 3 is 2.44 bits per heavy atom. The Labute approximate surface area is 155 Å². The summed E-state index contributed by atoms with van der Waals surface area (Å²) < 4.78 is 15.2. The highest BCUT2D eigenvalue weighted by Gasteiger charge is 2.20. The molecule has 0 unspecified atom stereocenters. The van der Waals surface area contributed by atoms with Crippen LogP contribution in [0, 0.1) is 0 Å². The van der Waals surface area contributed by atoms with Gasteiger partial charge in [0.1, 0.15) is 6.54 Å². The van der Waals surface area contributed by atoms with Crippen molar-refractivity contribution in [2.24, 2.45) is 0 Å². The molecule has 0 spiro atoms. The minimum atomic E-state index is -0.460. The Hall–Kier alpha value is -3.55. The van der Waals surface area contributed by atoms with Crippen molar-refractivity contribution in [3.8, 4) is 11.5 Å². The molecule has 1 N–H and O–H groups in total. The van der Waals surface area contributed by atoms with Crippen LogP contribution >= 0.6 is 0 Å². The Bertz CT molecular complexity index is 878. The molecule has 0 aromatic heterocycles. The Morgan fingerprint density at radius 2 is 1.78 bits per heavy atom. The number of benzene rings is 2. The smallest absolute Gasteiger partial charge is 0.337 e. The molecule has 8 heteroatoms. The van der Waals surface area contributed by atoms with Gasteiger partial charge in [-0.2, -0.15) is 0 Å². The van der Waals surface area contributed by atoms with Crippen LogP contribution in [0.25, 0.3) is 0 Å². The second-order valence-electron chi connectivity index (χ2n) is 5.76. The van der Waals surface area contributed by atoms with E-state index in [0.717, 1.165) is 0 Å². The van der Waals surface area contributed by atoms with Crippen LogP contribution in [-0.4, -0.2) is 38.2 Å². The topological polar surface area (TPSA) is 94.2 Å². The summed E-state index contributed by atoms with van der Waals surface area (Å²) in [6.07, 6.45) is 0. The molecule has 1 aliphatic rings. The highest BCUT2D eigenvalue weighted by Crippen LogP contribution is 2.35. The Balaban J connectivity index is 1.69. The molecule has 0 saturated carbocycles. The van der Waals surface area contributed by atoms with Gasteiger partial charge < -0.3 is 24.4 Å². The molecule has 2 amide bonds. The first-order valence-corrected chi connectivity index (χ1v) is 8.14. The van der Waals surface area contributed by atoms with E-state index < -0.39 is 5.97 Å². The lowest BCUT2D eigenvalue weighted by Crippen LogP contribution is -2.36. The minimum absolute atomic E-state index is 0.126. The van der Waals surface area contributed by atoms with Gasteiger partial charge in [0.15, 0.2) is 11.5 Å². The third-order valence-corrected chi connectivity index (χ3v) is 3.94. The molecule has 27 heavy (non-hydrogen) atoms. The molecule has 1 heterocycles. The summed E-state index contributed by atoms with van der Waals surface area (Å²) in [7, 11) is 1.30. The first-order chi connectivity index (χ1) is 13.0. The van der Waals surface area contributed by atoms with Gasteiger partial charge in [0.05, 0.1) is 12.7 Å². The predicted molar refractivity (Wildman–Crippen MR) is 97.0 cm³/mol. The first-order valence-electron chi connectivity index (χ1n) is 8.14. The number of fused-ring (bicyclic) bond motifs is 1. The van der Waals surface area contributed by atoms with Crippen LogP contribution in [0.5, 0.6) is 11.5 Å². The third kappa shape index (κ3) is 4.17. The summed E-state index contributed by atoms with van der Waals surface area (Å²) in [6, 6.07) is 11.3. The number of anilines is 2. The maximum absolute atomic E-state index is 12.4. The van der Waals surface area contributed by atoms with E-state index in [1.165, 1.54) is 18.9 Å². The van der Waals surface area contributed by atoms with E-state index >= 15 is 0 Å². The second-order valence-corrected chi connectivity index (χ2v) is 5.76. The van der Waals surface area contributed by atoms with Crippen molar-refractivity contribution in [1.29, 1.82) is 0 Å². The quantitative estimate of drug-likeness (QED) is 0.811. The van der Waals surface area contributed by atoms with Crippen LogP contribution in [-0.2, 0) is 14.3 Å². The molecule has 0 saturated heterocycles. The van der Waals surface area contributed by atoms with E-state index in [4.69, 9.17) is 9.47 Å². The average Bonchev–Trinajstić information content (AvgIpc) is 3.13. The van der Waals surface area contributed by atoms with Crippen LogP contribution < -0.4 is 19.7 Å². The van der Waals surface area contributed by atoms with E-state index in [1.54, 1.807) is 42.5 Å². The Kier molecular flexibility index (Phi) is 5.25. The van der Waals surface area contributed by atoms with E-state index in [-0.39, 0.29) is 25.2 Å². The maximum Gasteiger partial charge on any atom is 0.337 e. The van der Waals surface area contributed by atoms with Crippen molar-refractivity contribution < 1.29 is 28.6 Å². The van der Waals surface area contributed by atoms with Gasteiger partial charge in [-0.1, -0.05) is 0 Å². The van der Waals surface area contributed by atoms with Gasteiger partial charge in [-0.05, 0) is 36.4 Å². The molecule has 0 aliphatic carbocycles. The van der Waals surface area contributed by atoms with Crippen molar-refractivity contribution in [2.45, 2.75) is 6.92 Å².